The number of phenols is 8. The molecule has 4 atom stereocenters. The summed E-state index contributed by atoms with van der Waals surface area (Å²) in [6.45, 7) is 1.78. The lowest BCUT2D eigenvalue weighted by molar-refractivity contribution is 0.0841. The quantitative estimate of drug-likeness (QED) is 0.0988. The number of phenolic OH excluding ortho intramolecular Hbond substituents is 8. The first-order chi connectivity index (χ1) is 21.8. The predicted molar refractivity (Wildman–Crippen MR) is 163 cm³/mol. The third-order valence-corrected chi connectivity index (χ3v) is 8.68. The number of aromatic hydroxyl groups is 8. The molecule has 4 aromatic carbocycles. The van der Waals surface area contributed by atoms with Gasteiger partial charge in [0.05, 0.1) is 12.0 Å². The molecule has 0 unspecified atom stereocenters. The lowest BCUT2D eigenvalue weighted by Crippen LogP contribution is -2.32. The van der Waals surface area contributed by atoms with Crippen LogP contribution in [0.1, 0.15) is 75.1 Å². The van der Waals surface area contributed by atoms with Crippen LogP contribution < -0.4 is 4.74 Å². The highest BCUT2D eigenvalue weighted by Crippen LogP contribution is 2.54. The summed E-state index contributed by atoms with van der Waals surface area (Å²) in [6, 6.07) is 12.3. The standard InChI is InChI=1S/C35H30O11/c1-15-8-22(19-4-2-16(36)10-25(19)40)31(34(44)20-5-3-17(37)11-26(20)41)23(9-15)32-24(39)7-6-21(35(32)45)29-14-28(43)33-27(42)12-18(38)13-30(33)46-29/h2-7,9-13,22-23,29,31,36-42,45H,8,14H2,1H3/t22-,23-,29+,31-/m1/s1. The average molecular weight is 627 g/mol. The topological polar surface area (TPSA) is 205 Å². The molecule has 1 aliphatic carbocycles. The number of allylic oxidation sites excluding steroid dienone is 2. The Hall–Kier alpha value is -5.84. The highest BCUT2D eigenvalue weighted by molar-refractivity contribution is 6.03. The zero-order valence-electron chi connectivity index (χ0n) is 24.4. The van der Waals surface area contributed by atoms with Crippen molar-refractivity contribution in [2.24, 2.45) is 5.92 Å². The van der Waals surface area contributed by atoms with Crippen molar-refractivity contribution < 1.29 is 55.2 Å². The summed E-state index contributed by atoms with van der Waals surface area (Å²) >= 11 is 0. The molecule has 11 heteroatoms. The molecular formula is C35H30O11. The van der Waals surface area contributed by atoms with Gasteiger partial charge in [-0.1, -0.05) is 17.7 Å². The van der Waals surface area contributed by atoms with Crippen molar-refractivity contribution in [3.8, 4) is 51.7 Å². The van der Waals surface area contributed by atoms with Gasteiger partial charge in [-0.05, 0) is 49.2 Å². The van der Waals surface area contributed by atoms with E-state index < -0.39 is 52.7 Å². The predicted octanol–water partition coefficient (Wildman–Crippen LogP) is 5.75. The van der Waals surface area contributed by atoms with Gasteiger partial charge in [0.1, 0.15) is 63.4 Å². The highest BCUT2D eigenvalue weighted by atomic mass is 16.5. The van der Waals surface area contributed by atoms with Gasteiger partial charge in [-0.3, -0.25) is 9.59 Å². The summed E-state index contributed by atoms with van der Waals surface area (Å²) in [5.74, 6) is -7.09. The Labute approximate surface area is 262 Å². The minimum absolute atomic E-state index is 0.0722. The van der Waals surface area contributed by atoms with Crippen LogP contribution in [0.25, 0.3) is 0 Å². The first kappa shape index (κ1) is 30.2. The summed E-state index contributed by atoms with van der Waals surface area (Å²) in [7, 11) is 0. The Balaban J connectivity index is 1.51. The third-order valence-electron chi connectivity index (χ3n) is 8.68. The van der Waals surface area contributed by atoms with Crippen LogP contribution in [0.5, 0.6) is 51.7 Å². The molecule has 0 saturated carbocycles. The molecule has 6 rings (SSSR count). The molecule has 0 bridgehead atoms. The molecule has 1 heterocycles. The maximum absolute atomic E-state index is 14.4. The van der Waals surface area contributed by atoms with Crippen LogP contribution in [0.15, 0.2) is 72.3 Å². The fourth-order valence-electron chi connectivity index (χ4n) is 6.67. The Bertz CT molecular complexity index is 1940. The maximum atomic E-state index is 14.4. The summed E-state index contributed by atoms with van der Waals surface area (Å²) in [6.07, 6.45) is 0.567. The van der Waals surface area contributed by atoms with E-state index in [-0.39, 0.29) is 69.6 Å². The second-order valence-electron chi connectivity index (χ2n) is 11.7. The van der Waals surface area contributed by atoms with Crippen molar-refractivity contribution >= 4 is 11.6 Å². The zero-order chi connectivity index (χ0) is 33.0. The number of carbonyl (C=O) groups excluding carboxylic acids is 2. The lowest BCUT2D eigenvalue weighted by Gasteiger charge is -2.37. The van der Waals surface area contributed by atoms with Crippen molar-refractivity contribution in [1.29, 1.82) is 0 Å². The number of rotatable bonds is 5. The molecule has 0 spiro atoms. The zero-order valence-corrected chi connectivity index (χ0v) is 24.4. The molecule has 0 aromatic heterocycles. The molecule has 46 heavy (non-hydrogen) atoms. The van der Waals surface area contributed by atoms with Gasteiger partial charge in [-0.15, -0.1) is 0 Å². The molecule has 11 nitrogen and oxygen atoms in total. The second-order valence-corrected chi connectivity index (χ2v) is 11.7. The van der Waals surface area contributed by atoms with Crippen LogP contribution in [-0.2, 0) is 0 Å². The molecule has 0 amide bonds. The minimum atomic E-state index is -1.15. The van der Waals surface area contributed by atoms with Gasteiger partial charge in [0, 0.05) is 53.1 Å². The Morgan fingerprint density at radius 1 is 0.717 bits per heavy atom. The van der Waals surface area contributed by atoms with Gasteiger partial charge in [0.2, 0.25) is 0 Å². The van der Waals surface area contributed by atoms with Crippen LogP contribution in [0, 0.1) is 5.92 Å². The van der Waals surface area contributed by atoms with Crippen LogP contribution in [0.3, 0.4) is 0 Å². The number of ether oxygens (including phenoxy) is 1. The van der Waals surface area contributed by atoms with E-state index in [1.54, 1.807) is 13.0 Å². The Morgan fingerprint density at radius 2 is 1.37 bits per heavy atom. The molecule has 236 valence electrons. The molecule has 0 radical (unpaired) electrons. The highest BCUT2D eigenvalue weighted by Gasteiger charge is 2.44. The minimum Gasteiger partial charge on any atom is -0.508 e. The van der Waals surface area contributed by atoms with E-state index in [1.165, 1.54) is 36.4 Å². The van der Waals surface area contributed by atoms with Gasteiger partial charge < -0.3 is 45.6 Å². The lowest BCUT2D eigenvalue weighted by atomic mass is 9.65. The number of hydrogen-bond acceptors (Lipinski definition) is 11. The summed E-state index contributed by atoms with van der Waals surface area (Å²) in [5.41, 5.74) is 0.811. The smallest absolute Gasteiger partial charge is 0.174 e. The summed E-state index contributed by atoms with van der Waals surface area (Å²) in [5, 5.41) is 84.5. The molecule has 0 fully saturated rings. The molecule has 0 saturated heterocycles. The SMILES string of the molecule is CC1=C[C@@H](c2c(O)ccc([C@@H]3CC(=O)c4c(O)cc(O)cc4O3)c2O)[C@H](C(=O)c2ccc(O)cc2O)[C@@H](c2ccc(O)cc2O)C1. The first-order valence-corrected chi connectivity index (χ1v) is 14.4. The van der Waals surface area contributed by atoms with E-state index in [2.05, 4.69) is 0 Å². The normalized spacial score (nSPS) is 20.8. The second kappa shape index (κ2) is 11.3. The van der Waals surface area contributed by atoms with Crippen LogP contribution in [-0.4, -0.2) is 52.4 Å². The van der Waals surface area contributed by atoms with Crippen molar-refractivity contribution in [2.45, 2.75) is 37.7 Å². The van der Waals surface area contributed by atoms with Crippen molar-refractivity contribution in [3.05, 3.63) is 100 Å². The number of fused-ring (bicyclic) bond motifs is 1. The average Bonchev–Trinajstić information content (AvgIpc) is 2.96. The van der Waals surface area contributed by atoms with Crippen molar-refractivity contribution in [1.82, 2.24) is 0 Å². The van der Waals surface area contributed by atoms with Gasteiger partial charge in [0.15, 0.2) is 11.6 Å². The van der Waals surface area contributed by atoms with Gasteiger partial charge >= 0.3 is 0 Å². The Morgan fingerprint density at radius 3 is 2.07 bits per heavy atom. The molecule has 1 aliphatic heterocycles. The number of benzene rings is 4. The monoisotopic (exact) mass is 626 g/mol. The van der Waals surface area contributed by atoms with Gasteiger partial charge in [-0.2, -0.15) is 0 Å². The van der Waals surface area contributed by atoms with E-state index in [9.17, 15) is 50.4 Å². The fraction of sp³-hybridized carbons (Fsp3) is 0.200. The van der Waals surface area contributed by atoms with Crippen molar-refractivity contribution in [3.63, 3.8) is 0 Å². The largest absolute Gasteiger partial charge is 0.508 e. The van der Waals surface area contributed by atoms with E-state index in [4.69, 9.17) is 4.74 Å². The van der Waals surface area contributed by atoms with Crippen LogP contribution in [0.2, 0.25) is 0 Å². The van der Waals surface area contributed by atoms with E-state index >= 15 is 0 Å². The van der Waals surface area contributed by atoms with Crippen molar-refractivity contribution in [2.75, 3.05) is 0 Å². The van der Waals surface area contributed by atoms with Gasteiger partial charge in [0.25, 0.3) is 0 Å². The molecular weight excluding hydrogens is 596 g/mol. The van der Waals surface area contributed by atoms with E-state index in [1.807, 2.05) is 0 Å². The number of carbonyl (C=O) groups is 2. The molecule has 8 N–H and O–H groups in total. The molecule has 2 aliphatic rings. The summed E-state index contributed by atoms with van der Waals surface area (Å²) < 4.78 is 5.94. The molecule has 4 aromatic rings. The van der Waals surface area contributed by atoms with Gasteiger partial charge in [-0.25, -0.2) is 0 Å². The van der Waals surface area contributed by atoms with Crippen LogP contribution >= 0.6 is 0 Å². The third kappa shape index (κ3) is 5.15. The van der Waals surface area contributed by atoms with E-state index in [0.29, 0.717) is 5.56 Å². The maximum Gasteiger partial charge on any atom is 0.174 e. The number of ketones is 2. The fourth-order valence-corrected chi connectivity index (χ4v) is 6.67. The Kier molecular flexibility index (Phi) is 7.39. The number of hydrogen-bond donors (Lipinski definition) is 8. The summed E-state index contributed by atoms with van der Waals surface area (Å²) in [4.78, 5) is 27.4. The van der Waals surface area contributed by atoms with Crippen LogP contribution in [0.4, 0.5) is 0 Å². The first-order valence-electron chi connectivity index (χ1n) is 14.4. The van der Waals surface area contributed by atoms with E-state index in [0.717, 1.165) is 29.8 Å². The number of Topliss-reactive ketones (excluding diaryl/α,β-unsaturated/α-hetero) is 2.